The largest absolute Gasteiger partial charge is 0.477 e. The molecule has 1 N–H and O–H groups in total. The standard InChI is InChI=1S/C46H87NO7/c1-6-8-10-12-14-16-18-20-21-22-23-25-27-29-31-33-35-37-45(49)54-42(40-52-39-38-43(46(50)51)47(3,4)5)41-53-44(48)36-34-32-30-28-26-24-19-17-15-13-11-9-7-2/h20-21,42-43H,6-19,22-41H2,1-5H3/p+1/b21-20-. The molecule has 0 saturated carbocycles. The number of esters is 2. The number of nitrogens with zero attached hydrogens (tertiary/aromatic N) is 1. The van der Waals surface area contributed by atoms with Gasteiger partial charge in [-0.15, -0.1) is 0 Å². The average molecular weight is 767 g/mol. The van der Waals surface area contributed by atoms with Gasteiger partial charge in [0.1, 0.15) is 6.61 Å². The number of carboxylic acids is 1. The van der Waals surface area contributed by atoms with Crippen molar-refractivity contribution in [1.29, 1.82) is 0 Å². The molecule has 0 fully saturated rings. The van der Waals surface area contributed by atoms with E-state index in [0.29, 0.717) is 19.3 Å². The van der Waals surface area contributed by atoms with Crippen molar-refractivity contribution in [1.82, 2.24) is 0 Å². The minimum Gasteiger partial charge on any atom is -0.477 e. The second-order valence-electron chi connectivity index (χ2n) is 16.7. The topological polar surface area (TPSA) is 99.1 Å². The van der Waals surface area contributed by atoms with Gasteiger partial charge in [-0.3, -0.25) is 9.59 Å². The van der Waals surface area contributed by atoms with Gasteiger partial charge in [0.2, 0.25) is 0 Å². The van der Waals surface area contributed by atoms with Gasteiger partial charge >= 0.3 is 17.9 Å². The van der Waals surface area contributed by atoms with Gasteiger partial charge in [-0.2, -0.15) is 0 Å². The summed E-state index contributed by atoms with van der Waals surface area (Å²) in [4.78, 5) is 37.0. The zero-order chi connectivity index (χ0) is 40.0. The summed E-state index contributed by atoms with van der Waals surface area (Å²) in [5.74, 6) is -1.46. The lowest BCUT2D eigenvalue weighted by Crippen LogP contribution is -2.50. The zero-order valence-electron chi connectivity index (χ0n) is 36.2. The smallest absolute Gasteiger partial charge is 0.362 e. The third-order valence-corrected chi connectivity index (χ3v) is 10.4. The Morgan fingerprint density at radius 2 is 0.926 bits per heavy atom. The van der Waals surface area contributed by atoms with Crippen molar-refractivity contribution in [3.63, 3.8) is 0 Å². The molecule has 0 aromatic heterocycles. The predicted molar refractivity (Wildman–Crippen MR) is 225 cm³/mol. The van der Waals surface area contributed by atoms with Crippen molar-refractivity contribution in [2.75, 3.05) is 41.0 Å². The Labute approximate surface area is 333 Å². The number of ether oxygens (including phenoxy) is 3. The van der Waals surface area contributed by atoms with Crippen molar-refractivity contribution in [2.24, 2.45) is 0 Å². The first kappa shape index (κ1) is 52.1. The minimum atomic E-state index is -0.873. The normalized spacial score (nSPS) is 13.0. The number of rotatable bonds is 41. The fourth-order valence-electron chi connectivity index (χ4n) is 6.85. The Hall–Kier alpha value is -1.93. The Kier molecular flexibility index (Phi) is 36.6. The second-order valence-corrected chi connectivity index (χ2v) is 16.7. The van der Waals surface area contributed by atoms with E-state index in [1.165, 1.54) is 141 Å². The van der Waals surface area contributed by atoms with Crippen LogP contribution in [0, 0.1) is 0 Å². The van der Waals surface area contributed by atoms with E-state index in [1.54, 1.807) is 0 Å². The molecule has 0 amide bonds. The molecule has 0 saturated heterocycles. The van der Waals surface area contributed by atoms with Crippen molar-refractivity contribution in [3.8, 4) is 0 Å². The number of hydrogen-bond donors (Lipinski definition) is 1. The maximum absolute atomic E-state index is 12.7. The number of likely N-dealkylation sites (N-methyl/N-ethyl adjacent to an activating group) is 1. The fourth-order valence-corrected chi connectivity index (χ4v) is 6.85. The molecule has 8 nitrogen and oxygen atoms in total. The second kappa shape index (κ2) is 38.0. The summed E-state index contributed by atoms with van der Waals surface area (Å²) in [6.07, 6.45) is 39.6. The number of allylic oxidation sites excluding steroid dienone is 2. The van der Waals surface area contributed by atoms with Crippen LogP contribution in [0.1, 0.15) is 213 Å². The summed E-state index contributed by atoms with van der Waals surface area (Å²) in [6, 6.07) is -0.610. The number of carbonyl (C=O) groups excluding carboxylic acids is 2. The Morgan fingerprint density at radius 3 is 1.33 bits per heavy atom. The minimum absolute atomic E-state index is 0.0467. The van der Waals surface area contributed by atoms with Crippen LogP contribution in [0.2, 0.25) is 0 Å². The van der Waals surface area contributed by atoms with E-state index in [1.807, 2.05) is 21.1 Å². The predicted octanol–water partition coefficient (Wildman–Crippen LogP) is 12.3. The summed E-state index contributed by atoms with van der Waals surface area (Å²) >= 11 is 0. The van der Waals surface area contributed by atoms with Crippen LogP contribution in [0.4, 0.5) is 0 Å². The van der Waals surface area contributed by atoms with Gasteiger partial charge in [0.25, 0.3) is 0 Å². The van der Waals surface area contributed by atoms with E-state index in [9.17, 15) is 19.5 Å². The highest BCUT2D eigenvalue weighted by Gasteiger charge is 2.31. The van der Waals surface area contributed by atoms with E-state index in [2.05, 4.69) is 26.0 Å². The monoisotopic (exact) mass is 767 g/mol. The van der Waals surface area contributed by atoms with Crippen LogP contribution in [-0.2, 0) is 28.6 Å². The molecule has 318 valence electrons. The molecule has 0 aliphatic rings. The highest BCUT2D eigenvalue weighted by Crippen LogP contribution is 2.15. The van der Waals surface area contributed by atoms with Gasteiger partial charge in [-0.1, -0.05) is 167 Å². The molecule has 2 atom stereocenters. The Balaban J connectivity index is 4.30. The van der Waals surface area contributed by atoms with Crippen molar-refractivity contribution >= 4 is 17.9 Å². The summed E-state index contributed by atoms with van der Waals surface area (Å²) in [6.45, 7) is 4.75. The molecule has 0 heterocycles. The first-order valence-corrected chi connectivity index (χ1v) is 22.7. The number of unbranched alkanes of at least 4 members (excludes halogenated alkanes) is 25. The van der Waals surface area contributed by atoms with Gasteiger partial charge in [0, 0.05) is 19.3 Å². The van der Waals surface area contributed by atoms with Gasteiger partial charge in [-0.05, 0) is 38.5 Å². The van der Waals surface area contributed by atoms with Gasteiger partial charge in [0.05, 0.1) is 34.4 Å². The zero-order valence-corrected chi connectivity index (χ0v) is 36.2. The summed E-state index contributed by atoms with van der Waals surface area (Å²) in [5.41, 5.74) is 0. The van der Waals surface area contributed by atoms with Crippen LogP contribution >= 0.6 is 0 Å². The molecular weight excluding hydrogens is 679 g/mol. The van der Waals surface area contributed by atoms with Crippen molar-refractivity contribution < 1.29 is 38.2 Å². The third-order valence-electron chi connectivity index (χ3n) is 10.4. The molecule has 0 radical (unpaired) electrons. The first-order chi connectivity index (χ1) is 26.1. The molecule has 0 aromatic rings. The SMILES string of the molecule is CCCCCCCC/C=C\CCCCCCCCCC(=O)OC(COCCC(C(=O)O)[N+](C)(C)C)COC(=O)CCCCCCCCCCCCCCC. The molecule has 2 unspecified atom stereocenters. The third kappa shape index (κ3) is 35.8. The van der Waals surface area contributed by atoms with E-state index in [4.69, 9.17) is 14.2 Å². The number of carboxylic acid groups (broad SMARTS) is 1. The van der Waals surface area contributed by atoms with Crippen molar-refractivity contribution in [3.05, 3.63) is 12.2 Å². The Bertz CT molecular complexity index is 900. The van der Waals surface area contributed by atoms with Crippen LogP contribution in [-0.4, -0.2) is 80.6 Å². The molecule has 54 heavy (non-hydrogen) atoms. The van der Waals surface area contributed by atoms with Crippen LogP contribution in [0.3, 0.4) is 0 Å². The number of quaternary nitrogens is 1. The summed E-state index contributed by atoms with van der Waals surface area (Å²) < 4.78 is 17.3. The van der Waals surface area contributed by atoms with Gasteiger partial charge < -0.3 is 23.8 Å². The molecule has 8 heteroatoms. The maximum atomic E-state index is 12.7. The lowest BCUT2D eigenvalue weighted by molar-refractivity contribution is -0.887. The van der Waals surface area contributed by atoms with Crippen LogP contribution in [0.25, 0.3) is 0 Å². The van der Waals surface area contributed by atoms with Crippen LogP contribution < -0.4 is 0 Å². The summed E-state index contributed by atoms with van der Waals surface area (Å²) in [7, 11) is 5.53. The summed E-state index contributed by atoms with van der Waals surface area (Å²) in [5, 5.41) is 9.62. The van der Waals surface area contributed by atoms with E-state index >= 15 is 0 Å². The molecular formula is C46H88NO7+. The maximum Gasteiger partial charge on any atom is 0.362 e. The number of carbonyl (C=O) groups is 3. The number of aliphatic carboxylic acids is 1. The van der Waals surface area contributed by atoms with Gasteiger partial charge in [0.15, 0.2) is 12.1 Å². The molecule has 0 aromatic carbocycles. The molecule has 0 spiro atoms. The molecule has 0 bridgehead atoms. The lowest BCUT2D eigenvalue weighted by Gasteiger charge is -2.31. The lowest BCUT2D eigenvalue weighted by atomic mass is 10.0. The first-order valence-electron chi connectivity index (χ1n) is 22.7. The van der Waals surface area contributed by atoms with Crippen LogP contribution in [0.5, 0.6) is 0 Å². The molecule has 0 rings (SSSR count). The number of hydrogen-bond acceptors (Lipinski definition) is 6. The molecule has 0 aliphatic heterocycles. The molecule has 0 aliphatic carbocycles. The highest BCUT2D eigenvalue weighted by molar-refractivity contribution is 5.72. The van der Waals surface area contributed by atoms with E-state index in [-0.39, 0.29) is 36.2 Å². The van der Waals surface area contributed by atoms with Crippen molar-refractivity contribution in [2.45, 2.75) is 225 Å². The fraction of sp³-hybridized carbons (Fsp3) is 0.891. The van der Waals surface area contributed by atoms with Gasteiger partial charge in [-0.25, -0.2) is 4.79 Å². The Morgan fingerprint density at radius 1 is 0.537 bits per heavy atom. The quantitative estimate of drug-likeness (QED) is 0.0286. The van der Waals surface area contributed by atoms with E-state index in [0.717, 1.165) is 38.5 Å². The average Bonchev–Trinajstić information content (AvgIpc) is 3.12. The van der Waals surface area contributed by atoms with E-state index < -0.39 is 18.1 Å². The highest BCUT2D eigenvalue weighted by atomic mass is 16.6. The van der Waals surface area contributed by atoms with Crippen LogP contribution in [0.15, 0.2) is 12.2 Å².